The minimum Gasteiger partial charge on any atom is -0.463 e. The fourth-order valence-corrected chi connectivity index (χ4v) is 4.62. The Labute approximate surface area is 155 Å². The molecule has 3 heterocycles. The van der Waals surface area contributed by atoms with Crippen LogP contribution in [0.25, 0.3) is 0 Å². The van der Waals surface area contributed by atoms with Gasteiger partial charge in [0.2, 0.25) is 11.8 Å². The molecule has 2 saturated heterocycles. The summed E-state index contributed by atoms with van der Waals surface area (Å²) in [7, 11) is 0. The maximum Gasteiger partial charge on any atom is 0.335 e. The summed E-state index contributed by atoms with van der Waals surface area (Å²) in [5.74, 6) is -4.04. The Morgan fingerprint density at radius 3 is 2.48 bits per heavy atom. The van der Waals surface area contributed by atoms with Crippen molar-refractivity contribution < 1.29 is 28.7 Å². The molecule has 3 aliphatic heterocycles. The Balaban J connectivity index is 1.87. The van der Waals surface area contributed by atoms with Gasteiger partial charge in [-0.3, -0.25) is 14.4 Å². The maximum atomic E-state index is 13.2. The van der Waals surface area contributed by atoms with E-state index in [4.69, 9.17) is 9.47 Å². The van der Waals surface area contributed by atoms with Crippen LogP contribution in [0.1, 0.15) is 20.8 Å². The number of hydrogen-bond acceptors (Lipinski definition) is 6. The Bertz CT molecular complexity index is 904. The number of amides is 2. The van der Waals surface area contributed by atoms with E-state index in [0.717, 1.165) is 4.90 Å². The zero-order chi connectivity index (χ0) is 19.5. The molecule has 2 bridgehead atoms. The van der Waals surface area contributed by atoms with E-state index < -0.39 is 47.1 Å². The van der Waals surface area contributed by atoms with Gasteiger partial charge in [-0.2, -0.15) is 0 Å². The molecular weight excluding hydrogens is 350 g/mol. The van der Waals surface area contributed by atoms with Crippen molar-refractivity contribution in [1.82, 2.24) is 0 Å². The fraction of sp³-hybridized carbons (Fsp3) is 0.400. The van der Waals surface area contributed by atoms with E-state index in [-0.39, 0.29) is 12.2 Å². The lowest BCUT2D eigenvalue weighted by molar-refractivity contribution is -0.184. The molecule has 7 nitrogen and oxygen atoms in total. The van der Waals surface area contributed by atoms with Crippen molar-refractivity contribution in [1.29, 1.82) is 0 Å². The lowest BCUT2D eigenvalue weighted by atomic mass is 9.57. The number of hydrogen-bond donors (Lipinski definition) is 0. The summed E-state index contributed by atoms with van der Waals surface area (Å²) in [6.45, 7) is 4.96. The lowest BCUT2D eigenvalue weighted by Gasteiger charge is -2.48. The van der Waals surface area contributed by atoms with Crippen molar-refractivity contribution in [2.75, 3.05) is 11.5 Å². The molecule has 5 rings (SSSR count). The molecular formula is C20H19NO6. The van der Waals surface area contributed by atoms with Gasteiger partial charge in [0.1, 0.15) is 11.5 Å². The van der Waals surface area contributed by atoms with Gasteiger partial charge in [-0.1, -0.05) is 18.2 Å². The van der Waals surface area contributed by atoms with E-state index in [0.29, 0.717) is 11.3 Å². The number of para-hydroxylation sites is 1. The molecule has 4 atom stereocenters. The molecule has 27 heavy (non-hydrogen) atoms. The highest BCUT2D eigenvalue weighted by Crippen LogP contribution is 2.58. The Morgan fingerprint density at radius 1 is 1.19 bits per heavy atom. The summed E-state index contributed by atoms with van der Waals surface area (Å²) in [6, 6.07) is 8.55. The molecule has 0 radical (unpaired) electrons. The summed E-state index contributed by atoms with van der Waals surface area (Å²) in [6.07, 6.45) is -0.936. The van der Waals surface area contributed by atoms with Gasteiger partial charge in [-0.15, -0.1) is 0 Å². The van der Waals surface area contributed by atoms with Gasteiger partial charge < -0.3 is 9.47 Å². The molecule has 0 saturated carbocycles. The second-order valence-electron chi connectivity index (χ2n) is 7.16. The van der Waals surface area contributed by atoms with E-state index in [2.05, 4.69) is 0 Å². The first-order valence-electron chi connectivity index (χ1n) is 8.86. The van der Waals surface area contributed by atoms with Crippen molar-refractivity contribution in [2.45, 2.75) is 26.9 Å². The van der Waals surface area contributed by atoms with Crippen LogP contribution in [0.3, 0.4) is 0 Å². The van der Waals surface area contributed by atoms with Crippen LogP contribution in [0.2, 0.25) is 0 Å². The average molecular weight is 369 g/mol. The third kappa shape index (κ3) is 2.08. The first-order valence-corrected chi connectivity index (χ1v) is 8.86. The number of rotatable bonds is 3. The number of nitrogens with zero attached hydrogens (tertiary/aromatic N) is 1. The highest BCUT2D eigenvalue weighted by molar-refractivity contribution is 6.25. The zero-order valence-corrected chi connectivity index (χ0v) is 15.2. The summed E-state index contributed by atoms with van der Waals surface area (Å²) in [5, 5.41) is 0. The monoisotopic (exact) mass is 369 g/mol. The molecule has 2 fully saturated rings. The molecule has 0 aromatic heterocycles. The summed E-state index contributed by atoms with van der Waals surface area (Å²) >= 11 is 0. The van der Waals surface area contributed by atoms with Crippen LogP contribution in [0.5, 0.6) is 0 Å². The molecule has 0 unspecified atom stereocenters. The summed E-state index contributed by atoms with van der Waals surface area (Å²) < 4.78 is 10.6. The van der Waals surface area contributed by atoms with E-state index in [1.807, 2.05) is 0 Å². The minimum absolute atomic E-state index is 0.141. The topological polar surface area (TPSA) is 90.0 Å². The predicted molar refractivity (Wildman–Crippen MR) is 93.2 cm³/mol. The van der Waals surface area contributed by atoms with Crippen molar-refractivity contribution >= 4 is 29.4 Å². The normalized spacial score (nSPS) is 31.9. The van der Waals surface area contributed by atoms with E-state index >= 15 is 0 Å². The Kier molecular flexibility index (Phi) is 3.73. The number of benzene rings is 1. The maximum absolute atomic E-state index is 13.2. The number of anilines is 1. The Morgan fingerprint density at radius 2 is 1.85 bits per heavy atom. The smallest absolute Gasteiger partial charge is 0.335 e. The standard InChI is InChI=1S/C20H19NO6/c1-4-26-18(24)13-10(2)15-12-14(20(13,3)19(25)27-15)17(23)21(16(12)22)11-8-6-5-7-9-11/h5-9,12,14-15H,4H2,1-3H3/t12-,14-,15-,20-/m1/s1. The molecule has 2 amide bonds. The summed E-state index contributed by atoms with van der Waals surface area (Å²) in [5.41, 5.74) is -0.491. The van der Waals surface area contributed by atoms with E-state index in [1.54, 1.807) is 44.2 Å². The number of carbonyl (C=O) groups excluding carboxylic acids is 4. The number of fused-ring (bicyclic) bond motifs is 1. The second-order valence-corrected chi connectivity index (χ2v) is 7.16. The van der Waals surface area contributed by atoms with Crippen LogP contribution in [0.4, 0.5) is 5.69 Å². The van der Waals surface area contributed by atoms with Crippen LogP contribution >= 0.6 is 0 Å². The number of imide groups is 1. The molecule has 1 aromatic rings. The summed E-state index contributed by atoms with van der Waals surface area (Å²) in [4.78, 5) is 52.8. The van der Waals surface area contributed by atoms with Gasteiger partial charge in [0.15, 0.2) is 0 Å². The van der Waals surface area contributed by atoms with Crippen LogP contribution in [0, 0.1) is 17.3 Å². The highest BCUT2D eigenvalue weighted by Gasteiger charge is 2.71. The van der Waals surface area contributed by atoms with Crippen molar-refractivity contribution in [3.05, 3.63) is 41.5 Å². The third-order valence-electron chi connectivity index (χ3n) is 5.79. The molecule has 4 aliphatic rings. The first kappa shape index (κ1) is 17.5. The average Bonchev–Trinajstić information content (AvgIpc) is 2.90. The fourth-order valence-electron chi connectivity index (χ4n) is 4.62. The van der Waals surface area contributed by atoms with Gasteiger partial charge in [-0.05, 0) is 38.5 Å². The molecule has 0 spiro atoms. The lowest BCUT2D eigenvalue weighted by Crippen LogP contribution is -2.60. The van der Waals surface area contributed by atoms with Gasteiger partial charge in [-0.25, -0.2) is 9.69 Å². The number of esters is 2. The van der Waals surface area contributed by atoms with Crippen LogP contribution < -0.4 is 4.90 Å². The van der Waals surface area contributed by atoms with Crippen molar-refractivity contribution in [3.8, 4) is 0 Å². The first-order chi connectivity index (χ1) is 12.8. The van der Waals surface area contributed by atoms with Gasteiger partial charge in [0, 0.05) is 0 Å². The molecule has 1 aromatic carbocycles. The SMILES string of the molecule is CCOC(=O)C1=C(C)[C@H]2OC(=O)[C@@]1(C)[C@H]1C(=O)N(c3ccccc3)C(=O)[C@@H]21. The molecule has 7 heteroatoms. The van der Waals surface area contributed by atoms with E-state index in [9.17, 15) is 19.2 Å². The molecule has 1 aliphatic carbocycles. The minimum atomic E-state index is -1.55. The zero-order valence-electron chi connectivity index (χ0n) is 15.2. The van der Waals surface area contributed by atoms with Crippen LogP contribution in [0.15, 0.2) is 41.5 Å². The van der Waals surface area contributed by atoms with Crippen LogP contribution in [-0.2, 0) is 28.7 Å². The van der Waals surface area contributed by atoms with Gasteiger partial charge >= 0.3 is 11.9 Å². The Hall–Kier alpha value is -2.96. The van der Waals surface area contributed by atoms with Crippen molar-refractivity contribution in [3.63, 3.8) is 0 Å². The largest absolute Gasteiger partial charge is 0.463 e. The number of ether oxygens (including phenoxy) is 2. The predicted octanol–water partition coefficient (Wildman–Crippen LogP) is 1.62. The van der Waals surface area contributed by atoms with Gasteiger partial charge in [0.05, 0.1) is 29.7 Å². The van der Waals surface area contributed by atoms with E-state index in [1.165, 1.54) is 6.92 Å². The van der Waals surface area contributed by atoms with Gasteiger partial charge in [0.25, 0.3) is 0 Å². The quantitative estimate of drug-likeness (QED) is 0.594. The molecule has 0 N–H and O–H groups in total. The van der Waals surface area contributed by atoms with Crippen LogP contribution in [-0.4, -0.2) is 36.5 Å². The van der Waals surface area contributed by atoms with Crippen molar-refractivity contribution in [2.24, 2.45) is 17.3 Å². The highest BCUT2D eigenvalue weighted by atomic mass is 16.6. The second kappa shape index (κ2) is 5.77. The molecule has 140 valence electrons. The third-order valence-corrected chi connectivity index (χ3v) is 5.79. The number of carbonyl (C=O) groups is 4.